The summed E-state index contributed by atoms with van der Waals surface area (Å²) in [4.78, 5) is 29.7. The van der Waals surface area contributed by atoms with Crippen LogP contribution in [0.25, 0.3) is 11.0 Å². The maximum absolute atomic E-state index is 12.7. The number of ether oxygens (including phenoxy) is 1. The van der Waals surface area contributed by atoms with Crippen molar-refractivity contribution >= 4 is 17.1 Å². The number of aromatic amines is 1. The highest BCUT2D eigenvalue weighted by molar-refractivity contribution is 5.84. The molecule has 8 heteroatoms. The standard InChI is InChI=1S/C20H29N5O3/c1-3-21-20(27)28-12-11-25-18-16(17(23-25)15-9-6-10-24(15)2)13-7-4-5-8-14(13)19(26)22-18/h15H,3-12H2,1-2H3,(H,21,27)(H,22,26)/t15-/m1/s1. The molecule has 0 spiro atoms. The number of likely N-dealkylation sites (tertiary alicyclic amines) is 1. The fraction of sp³-hybridized carbons (Fsp3) is 0.650. The van der Waals surface area contributed by atoms with Crippen molar-refractivity contribution in [1.29, 1.82) is 0 Å². The summed E-state index contributed by atoms with van der Waals surface area (Å²) in [7, 11) is 2.14. The van der Waals surface area contributed by atoms with Crippen LogP contribution in [0.3, 0.4) is 0 Å². The molecule has 2 N–H and O–H groups in total. The van der Waals surface area contributed by atoms with Crippen molar-refractivity contribution in [3.63, 3.8) is 0 Å². The quantitative estimate of drug-likeness (QED) is 0.820. The van der Waals surface area contributed by atoms with Crippen LogP contribution < -0.4 is 10.9 Å². The molecule has 1 amide bonds. The van der Waals surface area contributed by atoms with Gasteiger partial charge in [0.15, 0.2) is 0 Å². The second-order valence-corrected chi connectivity index (χ2v) is 7.76. The molecule has 0 radical (unpaired) electrons. The number of H-pyrrole nitrogens is 1. The first-order chi connectivity index (χ1) is 13.6. The fourth-order valence-electron chi connectivity index (χ4n) is 4.59. The maximum atomic E-state index is 12.7. The Morgan fingerprint density at radius 3 is 2.79 bits per heavy atom. The van der Waals surface area contributed by atoms with E-state index in [9.17, 15) is 9.59 Å². The molecule has 2 aromatic heterocycles. The summed E-state index contributed by atoms with van der Waals surface area (Å²) >= 11 is 0. The zero-order chi connectivity index (χ0) is 19.7. The lowest BCUT2D eigenvalue weighted by Gasteiger charge is -2.20. The van der Waals surface area contributed by atoms with Crippen LogP contribution in [0.2, 0.25) is 0 Å². The number of fused-ring (bicyclic) bond motifs is 3. The zero-order valence-electron chi connectivity index (χ0n) is 16.7. The van der Waals surface area contributed by atoms with Gasteiger partial charge in [-0.1, -0.05) is 0 Å². The van der Waals surface area contributed by atoms with Gasteiger partial charge in [0.05, 0.1) is 18.3 Å². The number of rotatable bonds is 5. The van der Waals surface area contributed by atoms with Crippen molar-refractivity contribution in [2.45, 2.75) is 58.0 Å². The zero-order valence-corrected chi connectivity index (χ0v) is 16.7. The summed E-state index contributed by atoms with van der Waals surface area (Å²) < 4.78 is 7.03. The highest BCUT2D eigenvalue weighted by Gasteiger charge is 2.30. The van der Waals surface area contributed by atoms with Crippen LogP contribution in [0.15, 0.2) is 4.79 Å². The molecule has 2 aliphatic rings. The van der Waals surface area contributed by atoms with Gasteiger partial charge in [-0.3, -0.25) is 9.69 Å². The van der Waals surface area contributed by atoms with Gasteiger partial charge >= 0.3 is 6.09 Å². The lowest BCUT2D eigenvalue weighted by molar-refractivity contribution is 0.141. The predicted molar refractivity (Wildman–Crippen MR) is 107 cm³/mol. The van der Waals surface area contributed by atoms with E-state index in [4.69, 9.17) is 9.84 Å². The third-order valence-electron chi connectivity index (χ3n) is 5.95. The molecule has 2 aromatic rings. The van der Waals surface area contributed by atoms with Gasteiger partial charge in [-0.15, -0.1) is 0 Å². The number of pyridine rings is 1. The first kappa shape index (κ1) is 19.0. The lowest BCUT2D eigenvalue weighted by atomic mass is 9.89. The van der Waals surface area contributed by atoms with Crippen LogP contribution in [0.4, 0.5) is 4.79 Å². The molecule has 0 unspecified atom stereocenters. The van der Waals surface area contributed by atoms with E-state index >= 15 is 0 Å². The van der Waals surface area contributed by atoms with Crippen LogP contribution in [0, 0.1) is 0 Å². The minimum absolute atomic E-state index is 0.000629. The summed E-state index contributed by atoms with van der Waals surface area (Å²) in [5.41, 5.74) is 3.93. The van der Waals surface area contributed by atoms with Crippen molar-refractivity contribution in [3.8, 4) is 0 Å². The largest absolute Gasteiger partial charge is 0.448 e. The minimum Gasteiger partial charge on any atom is -0.448 e. The van der Waals surface area contributed by atoms with Crippen molar-refractivity contribution in [1.82, 2.24) is 25.0 Å². The molecule has 3 heterocycles. The average Bonchev–Trinajstić information content (AvgIpc) is 3.26. The van der Waals surface area contributed by atoms with E-state index < -0.39 is 6.09 Å². The molecule has 152 valence electrons. The van der Waals surface area contributed by atoms with Gasteiger partial charge in [-0.2, -0.15) is 5.10 Å². The van der Waals surface area contributed by atoms with Crippen molar-refractivity contribution in [3.05, 3.63) is 27.2 Å². The van der Waals surface area contributed by atoms with E-state index in [0.717, 1.165) is 67.4 Å². The van der Waals surface area contributed by atoms with Crippen LogP contribution >= 0.6 is 0 Å². The van der Waals surface area contributed by atoms with Gasteiger partial charge in [0, 0.05) is 17.5 Å². The van der Waals surface area contributed by atoms with Crippen LogP contribution in [0.5, 0.6) is 0 Å². The van der Waals surface area contributed by atoms with Crippen LogP contribution in [0.1, 0.15) is 55.5 Å². The summed E-state index contributed by atoms with van der Waals surface area (Å²) in [5.74, 6) is 0. The second-order valence-electron chi connectivity index (χ2n) is 7.76. The summed E-state index contributed by atoms with van der Waals surface area (Å²) in [6, 6.07) is 0.269. The Labute approximate surface area is 164 Å². The van der Waals surface area contributed by atoms with Crippen molar-refractivity contribution in [2.75, 3.05) is 26.7 Å². The van der Waals surface area contributed by atoms with Crippen LogP contribution in [-0.4, -0.2) is 52.5 Å². The van der Waals surface area contributed by atoms with E-state index in [0.29, 0.717) is 13.1 Å². The first-order valence-corrected chi connectivity index (χ1v) is 10.4. The normalized spacial score (nSPS) is 19.7. The Kier molecular flexibility index (Phi) is 5.39. The molecule has 1 aliphatic heterocycles. The molecule has 1 saturated heterocycles. The summed E-state index contributed by atoms with van der Waals surface area (Å²) in [6.07, 6.45) is 5.74. The highest BCUT2D eigenvalue weighted by Crippen LogP contribution is 2.37. The van der Waals surface area contributed by atoms with Crippen molar-refractivity contribution < 1.29 is 9.53 Å². The molecule has 0 aromatic carbocycles. The van der Waals surface area contributed by atoms with Gasteiger partial charge in [0.2, 0.25) is 0 Å². The van der Waals surface area contributed by atoms with Crippen molar-refractivity contribution in [2.24, 2.45) is 0 Å². The van der Waals surface area contributed by atoms with E-state index in [1.54, 1.807) is 0 Å². The van der Waals surface area contributed by atoms with Gasteiger partial charge in [0.1, 0.15) is 12.3 Å². The highest BCUT2D eigenvalue weighted by atomic mass is 16.5. The Morgan fingerprint density at radius 2 is 2.07 bits per heavy atom. The molecule has 4 rings (SSSR count). The Bertz CT molecular complexity index is 932. The van der Waals surface area contributed by atoms with Gasteiger partial charge in [0.25, 0.3) is 5.56 Å². The number of hydrogen-bond donors (Lipinski definition) is 2. The Balaban J connectivity index is 1.74. The fourth-order valence-corrected chi connectivity index (χ4v) is 4.59. The number of aromatic nitrogens is 3. The van der Waals surface area contributed by atoms with E-state index in [1.807, 2.05) is 11.6 Å². The predicted octanol–water partition coefficient (Wildman–Crippen LogP) is 2.12. The number of nitrogens with one attached hydrogen (secondary N) is 2. The van der Waals surface area contributed by atoms with E-state index in [1.165, 1.54) is 5.56 Å². The monoisotopic (exact) mass is 387 g/mol. The topological polar surface area (TPSA) is 92.2 Å². The summed E-state index contributed by atoms with van der Waals surface area (Å²) in [6.45, 7) is 4.06. The molecule has 1 aliphatic carbocycles. The molecular formula is C20H29N5O3. The van der Waals surface area contributed by atoms with Gasteiger partial charge in [-0.25, -0.2) is 9.48 Å². The molecule has 8 nitrogen and oxygen atoms in total. The number of amides is 1. The first-order valence-electron chi connectivity index (χ1n) is 10.4. The number of carbonyl (C=O) groups excluding carboxylic acids is 1. The Hall–Kier alpha value is -2.35. The molecule has 28 heavy (non-hydrogen) atoms. The number of aryl methyl sites for hydroxylation is 1. The minimum atomic E-state index is -0.430. The second kappa shape index (κ2) is 7.95. The SMILES string of the molecule is CCNC(=O)OCCn1nc([C@H]2CCCN2C)c2c3c(c(=O)[nH]c21)CCCC3. The summed E-state index contributed by atoms with van der Waals surface area (Å²) in [5, 5.41) is 8.64. The molecule has 0 bridgehead atoms. The lowest BCUT2D eigenvalue weighted by Crippen LogP contribution is -2.25. The third kappa shape index (κ3) is 3.41. The third-order valence-corrected chi connectivity index (χ3v) is 5.95. The molecular weight excluding hydrogens is 358 g/mol. The Morgan fingerprint density at radius 1 is 1.29 bits per heavy atom. The number of alkyl carbamates (subject to hydrolysis) is 1. The number of nitrogens with zero attached hydrogens (tertiary/aromatic N) is 3. The molecule has 1 atom stereocenters. The van der Waals surface area contributed by atoms with Crippen LogP contribution in [-0.2, 0) is 24.1 Å². The number of carbonyl (C=O) groups is 1. The molecule has 1 fully saturated rings. The van der Waals surface area contributed by atoms with E-state index in [2.05, 4.69) is 22.2 Å². The number of hydrogen-bond acceptors (Lipinski definition) is 5. The molecule has 0 saturated carbocycles. The van der Waals surface area contributed by atoms with E-state index in [-0.39, 0.29) is 18.2 Å². The smallest absolute Gasteiger partial charge is 0.407 e. The average molecular weight is 387 g/mol. The van der Waals surface area contributed by atoms with Gasteiger partial charge in [-0.05, 0) is 64.6 Å². The maximum Gasteiger partial charge on any atom is 0.407 e. The van der Waals surface area contributed by atoms with Gasteiger partial charge < -0.3 is 15.0 Å².